The number of likely N-dealkylation sites (tertiary alicyclic amines) is 1. The molecule has 0 bridgehead atoms. The van der Waals surface area contributed by atoms with E-state index in [0.29, 0.717) is 11.7 Å². The molecule has 1 saturated heterocycles. The largest absolute Gasteiger partial charge is 0.318 e. The van der Waals surface area contributed by atoms with Crippen molar-refractivity contribution in [2.24, 2.45) is 5.84 Å². The summed E-state index contributed by atoms with van der Waals surface area (Å²) in [5.74, 6) is 5.30. The maximum atomic E-state index is 11.0. The lowest BCUT2D eigenvalue weighted by molar-refractivity contribution is -0.384. The van der Waals surface area contributed by atoms with Crippen molar-refractivity contribution in [3.05, 3.63) is 33.9 Å². The molecule has 6 heteroatoms. The van der Waals surface area contributed by atoms with Crippen LogP contribution in [0.2, 0.25) is 0 Å². The van der Waals surface area contributed by atoms with Gasteiger partial charge in [-0.1, -0.05) is 18.9 Å². The average molecular weight is 278 g/mol. The van der Waals surface area contributed by atoms with Gasteiger partial charge in [-0.25, -0.2) is 0 Å². The Kier molecular flexibility index (Phi) is 4.92. The predicted molar refractivity (Wildman–Crippen MR) is 79.2 cm³/mol. The second kappa shape index (κ2) is 6.67. The Labute approximate surface area is 119 Å². The number of anilines is 1. The molecular formula is C14H22N4O2. The van der Waals surface area contributed by atoms with Crippen LogP contribution in [0.15, 0.2) is 18.2 Å². The van der Waals surface area contributed by atoms with Crippen LogP contribution in [0.4, 0.5) is 11.4 Å². The Morgan fingerprint density at radius 1 is 1.45 bits per heavy atom. The molecule has 1 heterocycles. The maximum absolute atomic E-state index is 11.0. The van der Waals surface area contributed by atoms with Crippen molar-refractivity contribution in [1.29, 1.82) is 0 Å². The first kappa shape index (κ1) is 14.7. The minimum Gasteiger partial charge on any atom is -0.318 e. The number of rotatable bonds is 4. The van der Waals surface area contributed by atoms with Gasteiger partial charge in [-0.15, -0.1) is 0 Å². The highest BCUT2D eigenvalue weighted by atomic mass is 16.6. The van der Waals surface area contributed by atoms with Gasteiger partial charge in [0.05, 0.1) is 4.92 Å². The Hall–Kier alpha value is -1.66. The zero-order chi connectivity index (χ0) is 14.5. The van der Waals surface area contributed by atoms with Crippen LogP contribution in [0, 0.1) is 10.1 Å². The van der Waals surface area contributed by atoms with Crippen LogP contribution in [-0.4, -0.2) is 22.4 Å². The molecule has 1 aliphatic rings. The second-order valence-corrected chi connectivity index (χ2v) is 5.42. The minimum absolute atomic E-state index is 0.0347. The molecule has 1 aliphatic heterocycles. The number of nitro benzene ring substituents is 1. The highest BCUT2D eigenvalue weighted by Crippen LogP contribution is 2.26. The first-order valence-electron chi connectivity index (χ1n) is 7.10. The van der Waals surface area contributed by atoms with Crippen LogP contribution < -0.4 is 11.3 Å². The van der Waals surface area contributed by atoms with Crippen LogP contribution in [0.5, 0.6) is 0 Å². The van der Waals surface area contributed by atoms with Gasteiger partial charge in [0.15, 0.2) is 0 Å². The average Bonchev–Trinajstić information content (AvgIpc) is 2.64. The number of hydrogen-bond donors (Lipinski definition) is 2. The van der Waals surface area contributed by atoms with Crippen LogP contribution in [0.25, 0.3) is 0 Å². The summed E-state index contributed by atoms with van der Waals surface area (Å²) in [7, 11) is 0. The molecule has 1 aromatic carbocycles. The third-order valence-corrected chi connectivity index (χ3v) is 3.99. The molecule has 2 rings (SSSR count). The molecule has 0 radical (unpaired) electrons. The third kappa shape index (κ3) is 3.46. The molecule has 1 atom stereocenters. The summed E-state index contributed by atoms with van der Waals surface area (Å²) in [6, 6.07) is 5.73. The fraction of sp³-hybridized carbons (Fsp3) is 0.571. The minimum atomic E-state index is -0.398. The van der Waals surface area contributed by atoms with Gasteiger partial charge in [-0.3, -0.25) is 20.9 Å². The predicted octanol–water partition coefficient (Wildman–Crippen LogP) is 2.64. The topological polar surface area (TPSA) is 84.4 Å². The van der Waals surface area contributed by atoms with Crippen molar-refractivity contribution >= 4 is 11.4 Å². The first-order valence-corrected chi connectivity index (χ1v) is 7.10. The van der Waals surface area contributed by atoms with E-state index in [2.05, 4.69) is 17.2 Å². The van der Waals surface area contributed by atoms with Crippen molar-refractivity contribution in [1.82, 2.24) is 4.90 Å². The number of benzene rings is 1. The van der Waals surface area contributed by atoms with Crippen LogP contribution in [-0.2, 0) is 6.54 Å². The number of nitrogens with zero attached hydrogens (tertiary/aromatic N) is 2. The molecule has 0 amide bonds. The van der Waals surface area contributed by atoms with E-state index in [0.717, 1.165) is 18.7 Å². The lowest BCUT2D eigenvalue weighted by atomic mass is 10.1. The maximum Gasteiger partial charge on any atom is 0.293 e. The Bertz CT molecular complexity index is 478. The number of hydrazine groups is 1. The summed E-state index contributed by atoms with van der Waals surface area (Å²) in [5.41, 5.74) is 3.72. The van der Waals surface area contributed by atoms with Crippen molar-refractivity contribution in [3.63, 3.8) is 0 Å². The van der Waals surface area contributed by atoms with Crippen molar-refractivity contribution in [3.8, 4) is 0 Å². The molecule has 0 saturated carbocycles. The standard InChI is InChI=1S/C14H22N4O2/c1-11-5-3-2-4-8-17(11)10-12-6-7-13(16-15)14(9-12)18(19)20/h6-7,9,11,16H,2-5,8,10,15H2,1H3. The van der Waals surface area contributed by atoms with Gasteiger partial charge in [0.2, 0.25) is 0 Å². The summed E-state index contributed by atoms with van der Waals surface area (Å²) in [6.07, 6.45) is 4.95. The summed E-state index contributed by atoms with van der Waals surface area (Å²) in [6.45, 7) is 4.05. The van der Waals surface area contributed by atoms with Gasteiger partial charge in [0.1, 0.15) is 5.69 Å². The van der Waals surface area contributed by atoms with E-state index in [9.17, 15) is 10.1 Å². The fourth-order valence-electron chi connectivity index (χ4n) is 2.75. The van der Waals surface area contributed by atoms with Crippen molar-refractivity contribution < 1.29 is 4.92 Å². The molecule has 0 spiro atoms. The van der Waals surface area contributed by atoms with Crippen molar-refractivity contribution in [2.75, 3.05) is 12.0 Å². The molecule has 6 nitrogen and oxygen atoms in total. The van der Waals surface area contributed by atoms with E-state index in [1.807, 2.05) is 6.07 Å². The smallest absolute Gasteiger partial charge is 0.293 e. The van der Waals surface area contributed by atoms with Gasteiger partial charge in [-0.05, 0) is 37.9 Å². The van der Waals surface area contributed by atoms with Crippen LogP contribution >= 0.6 is 0 Å². The highest BCUT2D eigenvalue weighted by molar-refractivity contribution is 5.61. The van der Waals surface area contributed by atoms with E-state index >= 15 is 0 Å². The molecular weight excluding hydrogens is 256 g/mol. The van der Waals surface area contributed by atoms with Gasteiger partial charge >= 0.3 is 0 Å². The van der Waals surface area contributed by atoms with Crippen molar-refractivity contribution in [2.45, 2.75) is 45.2 Å². The molecule has 1 aromatic rings. The number of hydrogen-bond acceptors (Lipinski definition) is 5. The summed E-state index contributed by atoms with van der Waals surface area (Å²) in [5, 5.41) is 11.0. The first-order chi connectivity index (χ1) is 9.61. The second-order valence-electron chi connectivity index (χ2n) is 5.42. The molecule has 1 unspecified atom stereocenters. The van der Waals surface area contributed by atoms with E-state index in [4.69, 9.17) is 5.84 Å². The van der Waals surface area contributed by atoms with E-state index < -0.39 is 4.92 Å². The summed E-state index contributed by atoms with van der Waals surface area (Å²) >= 11 is 0. The van der Waals surface area contributed by atoms with Crippen LogP contribution in [0.1, 0.15) is 38.2 Å². The van der Waals surface area contributed by atoms with Crippen LogP contribution in [0.3, 0.4) is 0 Å². The summed E-state index contributed by atoms with van der Waals surface area (Å²) < 4.78 is 0. The number of nitrogen functional groups attached to an aromatic ring is 1. The zero-order valence-electron chi connectivity index (χ0n) is 11.8. The van der Waals surface area contributed by atoms with E-state index in [1.54, 1.807) is 12.1 Å². The molecule has 0 aliphatic carbocycles. The lowest BCUT2D eigenvalue weighted by Gasteiger charge is -2.26. The van der Waals surface area contributed by atoms with Gasteiger partial charge < -0.3 is 5.43 Å². The zero-order valence-corrected chi connectivity index (χ0v) is 11.8. The molecule has 3 N–H and O–H groups in total. The van der Waals surface area contributed by atoms with Gasteiger partial charge in [-0.2, -0.15) is 0 Å². The Balaban J connectivity index is 2.16. The van der Waals surface area contributed by atoms with E-state index in [-0.39, 0.29) is 5.69 Å². The fourth-order valence-corrected chi connectivity index (χ4v) is 2.75. The van der Waals surface area contributed by atoms with E-state index in [1.165, 1.54) is 25.7 Å². The molecule has 1 fully saturated rings. The third-order valence-electron chi connectivity index (χ3n) is 3.99. The number of nitro groups is 1. The van der Waals surface area contributed by atoms with Gasteiger partial charge in [0, 0.05) is 18.7 Å². The number of nitrogens with one attached hydrogen (secondary N) is 1. The Morgan fingerprint density at radius 3 is 2.95 bits per heavy atom. The highest BCUT2D eigenvalue weighted by Gasteiger charge is 2.19. The molecule has 110 valence electrons. The monoisotopic (exact) mass is 278 g/mol. The lowest BCUT2D eigenvalue weighted by Crippen LogP contribution is -2.31. The SMILES string of the molecule is CC1CCCCCN1Cc1ccc(NN)c([N+](=O)[O-])c1. The quantitative estimate of drug-likeness (QED) is 0.502. The number of nitrogens with two attached hydrogens (primary N) is 1. The molecule has 0 aromatic heterocycles. The van der Waals surface area contributed by atoms with Gasteiger partial charge in [0.25, 0.3) is 5.69 Å². The normalized spacial score (nSPS) is 20.4. The summed E-state index contributed by atoms with van der Waals surface area (Å²) in [4.78, 5) is 13.0. The Morgan fingerprint density at radius 2 is 2.25 bits per heavy atom. The molecule has 20 heavy (non-hydrogen) atoms.